The summed E-state index contributed by atoms with van der Waals surface area (Å²) in [4.78, 5) is 9.36. The van der Waals surface area contributed by atoms with Gasteiger partial charge in [-0.3, -0.25) is 24.0 Å². The molecule has 0 saturated carbocycles. The van der Waals surface area contributed by atoms with Crippen LogP contribution in [0.25, 0.3) is 133 Å². The molecule has 0 aliphatic heterocycles. The van der Waals surface area contributed by atoms with E-state index in [2.05, 4.69) is 239 Å². The number of nitrogens with zero attached hydrogens (tertiary/aromatic N) is 11. The summed E-state index contributed by atoms with van der Waals surface area (Å²) < 4.78 is 11.1. The van der Waals surface area contributed by atoms with Crippen molar-refractivity contribution in [2.45, 2.75) is 0 Å². The summed E-state index contributed by atoms with van der Waals surface area (Å²) >= 11 is 2.96. The van der Waals surface area contributed by atoms with Gasteiger partial charge in [0.2, 0.25) is 0 Å². The maximum absolute atomic E-state index is 8.29. The number of hydrogen-bond acceptors (Lipinski definition) is 6. The standard InChI is InChI=1S/C31H22N4.C31H20N4.C10H9BrN2.C7H5N.2ClH.2Pt/c2*1-34-18-16-28(33-34)23-8-4-10-24(19-23)35-29-13-3-2-11-26(29)27-15-14-22(20-30(27)35)25-12-5-7-21-9-6-17-32-31(21)25;1-13-6-5-10(12-13)8-3-2-4-9(11)7-8;8-6-7-4-2-1-3-5-7;;;;/h2-20H,1H3;2-18H,1H3;2-7H,1H3;1-5H;2*1H;;/q;-2;;;;;2*+2/p-2. The van der Waals surface area contributed by atoms with Crippen molar-refractivity contribution in [1.29, 1.82) is 5.26 Å². The molecular formula is C79H56BrCl2N11Pt2. The van der Waals surface area contributed by atoms with Crippen LogP contribution in [0.1, 0.15) is 5.56 Å². The molecule has 0 saturated heterocycles. The van der Waals surface area contributed by atoms with Crippen molar-refractivity contribution >= 4 is 100 Å². The second-order valence-corrected chi connectivity index (χ2v) is 26.2. The molecule has 0 aliphatic rings. The Labute approximate surface area is 588 Å². The molecule has 95 heavy (non-hydrogen) atoms. The molecule has 0 amide bonds. The molecule has 17 rings (SSSR count). The van der Waals surface area contributed by atoms with Gasteiger partial charge in [0.1, 0.15) is 0 Å². The predicted octanol–water partition coefficient (Wildman–Crippen LogP) is 20.2. The molecule has 7 heterocycles. The number of aromatic nitrogens is 10. The smallest absolute Gasteiger partial charge is 2.00 e. The molecule has 0 radical (unpaired) electrons. The van der Waals surface area contributed by atoms with Crippen molar-refractivity contribution in [3.63, 3.8) is 0 Å². The Balaban J connectivity index is 0.000000135. The van der Waals surface area contributed by atoms with Crippen LogP contribution in [0, 0.1) is 23.5 Å². The molecule has 0 fully saturated rings. The summed E-state index contributed by atoms with van der Waals surface area (Å²) in [6.07, 6.45) is 9.58. The van der Waals surface area contributed by atoms with E-state index < -0.39 is 16.5 Å². The monoisotopic (exact) mass is 1700 g/mol. The summed E-state index contributed by atoms with van der Waals surface area (Å²) in [5.74, 6) is 0. The van der Waals surface area contributed by atoms with Gasteiger partial charge in [0.05, 0.1) is 39.6 Å². The van der Waals surface area contributed by atoms with Crippen molar-refractivity contribution in [2.75, 3.05) is 0 Å². The molecule has 0 bridgehead atoms. The third-order valence-electron chi connectivity index (χ3n) is 16.0. The van der Waals surface area contributed by atoms with E-state index in [9.17, 15) is 0 Å². The first-order valence-corrected chi connectivity index (χ1v) is 36.4. The third-order valence-corrected chi connectivity index (χ3v) is 16.5. The molecule has 0 unspecified atom stereocenters. The van der Waals surface area contributed by atoms with Crippen LogP contribution in [0.5, 0.6) is 0 Å². The molecule has 16 heteroatoms. The Morgan fingerprint density at radius 3 is 1.58 bits per heavy atom. The SMILES string of the molecule is Cn1ccc(-c2[c-]c(-n3c4[c-]c(-c5cccc6cccnc56)ccc4c4ccccc43)ccc2)n1.Cn1ccc(-c2cccc(-n3c4ccccc4c4ccc(-c5cccc6cccnc56)cc43)c2)n1.Cn1ccc(-c2cccc(Br)c2)n1.N#Cc1ccccc1.[Cl][Pt][Cl].[Pt+2]. The van der Waals surface area contributed by atoms with Crippen LogP contribution in [0.4, 0.5) is 0 Å². The van der Waals surface area contributed by atoms with Gasteiger partial charge in [0.25, 0.3) is 0 Å². The topological polar surface area (TPSA) is 113 Å². The van der Waals surface area contributed by atoms with E-state index in [1.54, 1.807) is 16.8 Å². The van der Waals surface area contributed by atoms with Crippen LogP contribution in [0.15, 0.2) is 290 Å². The first-order valence-electron chi connectivity index (χ1n) is 30.0. The Morgan fingerprint density at radius 1 is 0.432 bits per heavy atom. The summed E-state index contributed by atoms with van der Waals surface area (Å²) in [6.45, 7) is 0. The fourth-order valence-electron chi connectivity index (χ4n) is 11.8. The molecule has 0 atom stereocenters. The number of nitriles is 1. The summed E-state index contributed by atoms with van der Waals surface area (Å²) in [6, 6.07) is 96.6. The van der Waals surface area contributed by atoms with E-state index in [1.165, 1.54) is 27.2 Å². The normalized spacial score (nSPS) is 10.8. The van der Waals surface area contributed by atoms with Gasteiger partial charge in [0.15, 0.2) is 0 Å². The van der Waals surface area contributed by atoms with Gasteiger partial charge < -0.3 is 9.13 Å². The largest absolute Gasteiger partial charge is 2.00 e. The van der Waals surface area contributed by atoms with Crippen molar-refractivity contribution in [2.24, 2.45) is 21.1 Å². The van der Waals surface area contributed by atoms with Crippen molar-refractivity contribution in [1.82, 2.24) is 48.4 Å². The Morgan fingerprint density at radius 2 is 0.958 bits per heavy atom. The van der Waals surface area contributed by atoms with Gasteiger partial charge in [-0.2, -0.15) is 15.5 Å². The van der Waals surface area contributed by atoms with Gasteiger partial charge in [-0.05, 0) is 106 Å². The number of aryl methyl sites for hydroxylation is 3. The number of para-hydroxylation sites is 4. The fourth-order valence-corrected chi connectivity index (χ4v) is 12.2. The maximum atomic E-state index is 8.29. The van der Waals surface area contributed by atoms with Crippen LogP contribution in [0.3, 0.4) is 0 Å². The number of hydrogen-bond donors (Lipinski definition) is 0. The van der Waals surface area contributed by atoms with Crippen LogP contribution < -0.4 is 0 Å². The first kappa shape index (κ1) is 65.2. The van der Waals surface area contributed by atoms with Crippen LogP contribution in [-0.2, 0) is 58.7 Å². The zero-order valence-electron chi connectivity index (χ0n) is 51.3. The second-order valence-electron chi connectivity index (χ2n) is 22.0. The average molecular weight is 1700 g/mol. The minimum absolute atomic E-state index is 0. The van der Waals surface area contributed by atoms with Crippen molar-refractivity contribution < 1.29 is 37.5 Å². The third kappa shape index (κ3) is 14.3. The van der Waals surface area contributed by atoms with Crippen molar-refractivity contribution in [3.05, 3.63) is 308 Å². The number of pyridine rings is 2. The zero-order chi connectivity index (χ0) is 64.5. The summed E-state index contributed by atoms with van der Waals surface area (Å²) in [7, 11) is 15.5. The molecule has 0 aliphatic carbocycles. The number of rotatable bonds is 7. The molecule has 0 N–H and O–H groups in total. The zero-order valence-corrected chi connectivity index (χ0v) is 59.0. The van der Waals surface area contributed by atoms with Crippen LogP contribution in [0.2, 0.25) is 0 Å². The van der Waals surface area contributed by atoms with E-state index in [1.807, 2.05) is 128 Å². The second kappa shape index (κ2) is 30.1. The minimum atomic E-state index is -0.472. The molecule has 17 aromatic rings. The quantitative estimate of drug-likeness (QED) is 0.147. The molecule has 468 valence electrons. The molecular weight excluding hydrogens is 1640 g/mol. The van der Waals surface area contributed by atoms with Gasteiger partial charge in [-0.15, -0.1) is 53.6 Å². The van der Waals surface area contributed by atoms with E-state index in [0.29, 0.717) is 5.56 Å². The van der Waals surface area contributed by atoms with Gasteiger partial charge in [-0.1, -0.05) is 172 Å². The molecule has 10 aromatic carbocycles. The van der Waals surface area contributed by atoms with E-state index in [-0.39, 0.29) is 21.1 Å². The number of fused-ring (bicyclic) bond motifs is 8. The Kier molecular flexibility index (Phi) is 20.6. The van der Waals surface area contributed by atoms with E-state index in [4.69, 9.17) is 29.1 Å². The predicted molar refractivity (Wildman–Crippen MR) is 384 cm³/mol. The first-order chi connectivity index (χ1) is 46.1. The van der Waals surface area contributed by atoms with Gasteiger partial charge in [0, 0.05) is 112 Å². The average Bonchev–Trinajstić information content (AvgIpc) is 1.61. The van der Waals surface area contributed by atoms with Crippen LogP contribution >= 0.6 is 34.8 Å². The Hall–Kier alpha value is -9.82. The minimum Gasteiger partial charge on any atom is 2.00 e. The maximum Gasteiger partial charge on any atom is 2.00 e. The van der Waals surface area contributed by atoms with Gasteiger partial charge in [-0.25, -0.2) is 5.10 Å². The van der Waals surface area contributed by atoms with Gasteiger partial charge >= 0.3 is 56.4 Å². The molecule has 7 aromatic heterocycles. The number of benzene rings is 10. The van der Waals surface area contributed by atoms with Crippen LogP contribution in [-0.4, -0.2) is 48.4 Å². The van der Waals surface area contributed by atoms with E-state index >= 15 is 0 Å². The fraction of sp³-hybridized carbons (Fsp3) is 0.0380. The Bertz CT molecular complexity index is 5290. The molecule has 11 nitrogen and oxygen atoms in total. The van der Waals surface area contributed by atoms with E-state index in [0.717, 1.165) is 110 Å². The molecule has 0 spiro atoms. The van der Waals surface area contributed by atoms with Crippen molar-refractivity contribution in [3.8, 4) is 73.5 Å². The number of halogens is 3. The summed E-state index contributed by atoms with van der Waals surface area (Å²) in [5, 5.41) is 28.9. The summed E-state index contributed by atoms with van der Waals surface area (Å²) in [5.41, 5.74) is 19.8.